The average molecular weight is 216 g/mol. The van der Waals surface area contributed by atoms with Gasteiger partial charge >= 0.3 is 0 Å². The molecule has 0 aliphatic heterocycles. The molecule has 84 valence electrons. The van der Waals surface area contributed by atoms with E-state index in [4.69, 9.17) is 10.00 Å². The molecule has 0 saturated heterocycles. The second-order valence-corrected chi connectivity index (χ2v) is 3.55. The molecule has 1 aromatic rings. The summed E-state index contributed by atoms with van der Waals surface area (Å²) in [6.07, 6.45) is 2.43. The number of rotatable bonds is 4. The van der Waals surface area contributed by atoms with Crippen molar-refractivity contribution in [1.29, 1.82) is 5.26 Å². The molecule has 0 aromatic heterocycles. The second kappa shape index (κ2) is 6.62. The van der Waals surface area contributed by atoms with Crippen molar-refractivity contribution in [1.82, 2.24) is 0 Å². The van der Waals surface area contributed by atoms with E-state index in [1.807, 2.05) is 25.1 Å². The average Bonchev–Trinajstić information content (AvgIpc) is 2.31. The lowest BCUT2D eigenvalue weighted by Gasteiger charge is -2.12. The third kappa shape index (κ3) is 3.74. The first-order valence-corrected chi connectivity index (χ1v) is 5.41. The Balaban J connectivity index is 2.66. The van der Waals surface area contributed by atoms with Gasteiger partial charge in [0, 0.05) is 6.42 Å². The summed E-state index contributed by atoms with van der Waals surface area (Å²) in [6.45, 7) is 4.53. The highest BCUT2D eigenvalue weighted by atomic mass is 16.5. The minimum absolute atomic E-state index is 0.305. The predicted octanol–water partition coefficient (Wildman–Crippen LogP) is 3.10. The fourth-order valence-electron chi connectivity index (χ4n) is 1.52. The first kappa shape index (κ1) is 12.3. The van der Waals surface area contributed by atoms with E-state index in [9.17, 15) is 0 Å². The van der Waals surface area contributed by atoms with Crippen LogP contribution in [0.5, 0.6) is 0 Å². The van der Waals surface area contributed by atoms with Crippen molar-refractivity contribution in [2.45, 2.75) is 26.2 Å². The summed E-state index contributed by atoms with van der Waals surface area (Å²) >= 11 is 0. The Morgan fingerprint density at radius 1 is 1.44 bits per heavy atom. The molecule has 3 nitrogen and oxygen atoms in total. The third-order valence-electron chi connectivity index (χ3n) is 2.34. The van der Waals surface area contributed by atoms with Gasteiger partial charge in [-0.25, -0.2) is 0 Å². The van der Waals surface area contributed by atoms with Gasteiger partial charge in [-0.3, -0.25) is 0 Å². The molecule has 1 aromatic carbocycles. The summed E-state index contributed by atoms with van der Waals surface area (Å²) in [5, 5.41) is 8.53. The lowest BCUT2D eigenvalue weighted by molar-refractivity contribution is 0.315. The van der Waals surface area contributed by atoms with Crippen LogP contribution in [0.25, 0.3) is 0 Å². The number of hydrogen-bond acceptors (Lipinski definition) is 3. The van der Waals surface area contributed by atoms with Crippen LogP contribution in [0.3, 0.4) is 0 Å². The van der Waals surface area contributed by atoms with Gasteiger partial charge < -0.3 is 4.74 Å². The summed E-state index contributed by atoms with van der Waals surface area (Å²) in [6, 6.07) is 10.1. The summed E-state index contributed by atoms with van der Waals surface area (Å²) in [4.78, 5) is 3.68. The first-order chi connectivity index (χ1) is 7.77. The molecule has 16 heavy (non-hydrogen) atoms. The van der Waals surface area contributed by atoms with Gasteiger partial charge in [0.05, 0.1) is 6.61 Å². The van der Waals surface area contributed by atoms with Crippen LogP contribution in [0.4, 0.5) is 0 Å². The molecule has 0 saturated carbocycles. The fourth-order valence-corrected chi connectivity index (χ4v) is 1.52. The molecule has 0 radical (unpaired) electrons. The summed E-state index contributed by atoms with van der Waals surface area (Å²) in [5.74, 6) is 0.821. The maximum atomic E-state index is 8.53. The topological polar surface area (TPSA) is 45.4 Å². The van der Waals surface area contributed by atoms with Crippen LogP contribution in [0.15, 0.2) is 35.3 Å². The second-order valence-electron chi connectivity index (χ2n) is 3.55. The molecule has 0 aliphatic carbocycles. The van der Waals surface area contributed by atoms with Gasteiger partial charge in [-0.1, -0.05) is 37.3 Å². The van der Waals surface area contributed by atoms with Gasteiger partial charge in [0.2, 0.25) is 6.19 Å². The molecule has 0 spiro atoms. The molecular formula is C13H16N2O. The van der Waals surface area contributed by atoms with Crippen LogP contribution in [0, 0.1) is 11.5 Å². The van der Waals surface area contributed by atoms with Gasteiger partial charge in [-0.2, -0.15) is 5.26 Å². The Labute approximate surface area is 96.4 Å². The van der Waals surface area contributed by atoms with E-state index in [1.54, 1.807) is 6.19 Å². The van der Waals surface area contributed by atoms with Gasteiger partial charge in [0.1, 0.15) is 0 Å². The van der Waals surface area contributed by atoms with E-state index in [1.165, 1.54) is 5.56 Å². The normalized spacial score (nSPS) is 12.9. The quantitative estimate of drug-likeness (QED) is 0.441. The van der Waals surface area contributed by atoms with E-state index in [0.717, 1.165) is 0 Å². The number of nitrogens with zero attached hydrogens (tertiary/aromatic N) is 2. The fraction of sp³-hybridized carbons (Fsp3) is 0.385. The Hall–Kier alpha value is -1.82. The van der Waals surface area contributed by atoms with Crippen molar-refractivity contribution < 1.29 is 4.74 Å². The van der Waals surface area contributed by atoms with Gasteiger partial charge in [0.25, 0.3) is 0 Å². The first-order valence-electron chi connectivity index (χ1n) is 5.41. The number of hydrogen-bond donors (Lipinski definition) is 0. The number of aliphatic imine (C=N–C) groups is 1. The highest BCUT2D eigenvalue weighted by Gasteiger charge is 2.10. The number of nitriles is 1. The highest BCUT2D eigenvalue weighted by molar-refractivity contribution is 5.77. The monoisotopic (exact) mass is 216 g/mol. The zero-order valence-corrected chi connectivity index (χ0v) is 9.68. The molecule has 1 unspecified atom stereocenters. The largest absolute Gasteiger partial charge is 0.481 e. The van der Waals surface area contributed by atoms with Crippen molar-refractivity contribution in [2.24, 2.45) is 4.99 Å². The molecule has 0 fully saturated rings. The molecule has 0 amide bonds. The predicted molar refractivity (Wildman–Crippen MR) is 64.1 cm³/mol. The van der Waals surface area contributed by atoms with Gasteiger partial charge in [-0.05, 0) is 18.4 Å². The van der Waals surface area contributed by atoms with Crippen LogP contribution < -0.4 is 0 Å². The van der Waals surface area contributed by atoms with Crippen LogP contribution in [-0.2, 0) is 4.74 Å². The van der Waals surface area contributed by atoms with Crippen LogP contribution in [0.2, 0.25) is 0 Å². The standard InChI is InChI=1S/C13H16N2O/c1-3-16-13(15-10-14)9-11(2)12-7-5-4-6-8-12/h4-8,11H,3,9H2,1-2H3. The van der Waals surface area contributed by atoms with Crippen molar-refractivity contribution >= 4 is 5.90 Å². The maximum absolute atomic E-state index is 8.53. The van der Waals surface area contributed by atoms with Crippen molar-refractivity contribution in [3.05, 3.63) is 35.9 Å². The lowest BCUT2D eigenvalue weighted by Crippen LogP contribution is -2.08. The lowest BCUT2D eigenvalue weighted by atomic mass is 9.98. The Kier molecular flexibility index (Phi) is 5.07. The van der Waals surface area contributed by atoms with Crippen LogP contribution in [0.1, 0.15) is 31.7 Å². The van der Waals surface area contributed by atoms with Gasteiger partial charge in [0.15, 0.2) is 5.90 Å². The van der Waals surface area contributed by atoms with Crippen LogP contribution in [-0.4, -0.2) is 12.5 Å². The van der Waals surface area contributed by atoms with Gasteiger partial charge in [-0.15, -0.1) is 4.99 Å². The van der Waals surface area contributed by atoms with Crippen molar-refractivity contribution in [2.75, 3.05) is 6.61 Å². The van der Waals surface area contributed by atoms with Crippen molar-refractivity contribution in [3.8, 4) is 6.19 Å². The molecule has 0 aliphatic rings. The molecule has 1 rings (SSSR count). The summed E-state index contributed by atoms with van der Waals surface area (Å²) < 4.78 is 5.30. The maximum Gasteiger partial charge on any atom is 0.208 e. The minimum atomic E-state index is 0.305. The SMILES string of the molecule is CCOC(CC(C)c1ccccc1)=NC#N. The molecular weight excluding hydrogens is 200 g/mol. The zero-order valence-electron chi connectivity index (χ0n) is 9.68. The highest BCUT2D eigenvalue weighted by Crippen LogP contribution is 2.19. The Morgan fingerprint density at radius 3 is 2.69 bits per heavy atom. The van der Waals surface area contributed by atoms with E-state index in [0.29, 0.717) is 24.8 Å². The van der Waals surface area contributed by atoms with E-state index < -0.39 is 0 Å². The Bertz CT molecular complexity index is 379. The zero-order chi connectivity index (χ0) is 11.8. The van der Waals surface area contributed by atoms with Crippen molar-refractivity contribution in [3.63, 3.8) is 0 Å². The molecule has 0 N–H and O–H groups in total. The number of benzene rings is 1. The minimum Gasteiger partial charge on any atom is -0.481 e. The third-order valence-corrected chi connectivity index (χ3v) is 2.34. The smallest absolute Gasteiger partial charge is 0.208 e. The molecule has 0 heterocycles. The number of ether oxygens (including phenoxy) is 1. The van der Waals surface area contributed by atoms with E-state index >= 15 is 0 Å². The van der Waals surface area contributed by atoms with E-state index in [-0.39, 0.29) is 0 Å². The summed E-state index contributed by atoms with van der Waals surface area (Å²) in [5.41, 5.74) is 1.23. The Morgan fingerprint density at radius 2 is 2.12 bits per heavy atom. The van der Waals surface area contributed by atoms with Crippen LogP contribution >= 0.6 is 0 Å². The molecule has 3 heteroatoms. The molecule has 1 atom stereocenters. The summed E-state index contributed by atoms with van der Waals surface area (Å²) in [7, 11) is 0. The molecule has 0 bridgehead atoms. The van der Waals surface area contributed by atoms with E-state index in [2.05, 4.69) is 24.0 Å².